The fraction of sp³-hybridized carbons (Fsp3) is 1.00. The molecule has 3 nitrogen and oxygen atoms in total. The third-order valence-corrected chi connectivity index (χ3v) is 2.50. The van der Waals surface area contributed by atoms with Crippen LogP contribution < -0.4 is 0 Å². The summed E-state index contributed by atoms with van der Waals surface area (Å²) < 4.78 is 20.5. The summed E-state index contributed by atoms with van der Waals surface area (Å²) in [4.78, 5) is 1.99. The van der Waals surface area contributed by atoms with E-state index in [0.29, 0.717) is 6.04 Å². The molecule has 0 amide bonds. The number of likely N-dealkylation sites (tertiary alicyclic amines) is 1. The summed E-state index contributed by atoms with van der Waals surface area (Å²) in [5.41, 5.74) is 0. The van der Waals surface area contributed by atoms with Gasteiger partial charge >= 0.3 is 0 Å². The van der Waals surface area contributed by atoms with Gasteiger partial charge in [0.1, 0.15) is 0 Å². The summed E-state index contributed by atoms with van der Waals surface area (Å²) in [6.45, 7) is 3.01. The van der Waals surface area contributed by atoms with Gasteiger partial charge in [-0.25, -0.2) is 0 Å². The number of hydrogen-bond donors (Lipinski definition) is 0. The lowest BCUT2D eigenvalue weighted by atomic mass is 10.2. The minimum atomic E-state index is -1.90. The van der Waals surface area contributed by atoms with Gasteiger partial charge in [-0.1, -0.05) is 0 Å². The van der Waals surface area contributed by atoms with E-state index in [1.165, 1.54) is 0 Å². The van der Waals surface area contributed by atoms with Crippen LogP contribution in [-0.4, -0.2) is 32.1 Å². The summed E-state index contributed by atoms with van der Waals surface area (Å²) >= 11 is -1.90. The molecule has 0 N–H and O–H groups in total. The largest absolute Gasteiger partial charge is 0.771 e. The molecule has 1 aliphatic heterocycles. The summed E-state index contributed by atoms with van der Waals surface area (Å²) in [5, 5.41) is 0. The van der Waals surface area contributed by atoms with Gasteiger partial charge in [0.05, 0.1) is 5.88 Å². The summed E-state index contributed by atoms with van der Waals surface area (Å²) in [6.07, 6.45) is 2.27. The van der Waals surface area contributed by atoms with E-state index in [2.05, 4.69) is 6.92 Å². The van der Waals surface area contributed by atoms with Crippen molar-refractivity contribution in [3.05, 3.63) is 0 Å². The molecule has 1 heterocycles. The van der Waals surface area contributed by atoms with Crippen molar-refractivity contribution in [3.8, 4) is 0 Å². The molecule has 0 spiro atoms. The molecule has 2 unspecified atom stereocenters. The van der Waals surface area contributed by atoms with Crippen molar-refractivity contribution in [1.82, 2.24) is 4.90 Å². The summed E-state index contributed by atoms with van der Waals surface area (Å²) in [7, 11) is 0. The molecule has 1 rings (SSSR count). The Morgan fingerprint density at radius 1 is 1.80 bits per heavy atom. The van der Waals surface area contributed by atoms with Crippen molar-refractivity contribution >= 4 is 11.1 Å². The third-order valence-electron chi connectivity index (χ3n) is 1.96. The molecule has 0 aromatic rings. The van der Waals surface area contributed by atoms with Crippen molar-refractivity contribution in [3.63, 3.8) is 0 Å². The van der Waals surface area contributed by atoms with Crippen LogP contribution in [0.25, 0.3) is 0 Å². The van der Waals surface area contributed by atoms with Crippen LogP contribution in [0.2, 0.25) is 0 Å². The fourth-order valence-electron chi connectivity index (χ4n) is 1.32. The van der Waals surface area contributed by atoms with Gasteiger partial charge in [0.15, 0.2) is 0 Å². The second-order valence-corrected chi connectivity index (χ2v) is 3.60. The zero-order valence-corrected chi connectivity index (χ0v) is 6.89. The molecule has 0 bridgehead atoms. The molecule has 60 valence electrons. The summed E-state index contributed by atoms with van der Waals surface area (Å²) in [5.74, 6) is 0.209. The molecule has 2 atom stereocenters. The Kier molecular flexibility index (Phi) is 2.82. The smallest absolute Gasteiger partial charge is 0.0615 e. The average Bonchev–Trinajstić information content (AvgIpc) is 2.15. The standard InChI is InChI=1S/C6H13NO2S/c1-6-3-2-4-7(6)5-10(8)9/h6H,2-5H2,1H3,(H,8,9)/p-1. The molecule has 0 radical (unpaired) electrons. The molecule has 10 heavy (non-hydrogen) atoms. The van der Waals surface area contributed by atoms with E-state index in [1.807, 2.05) is 4.90 Å². The lowest BCUT2D eigenvalue weighted by molar-refractivity contribution is 0.306. The molecule has 0 aromatic heterocycles. The van der Waals surface area contributed by atoms with Crippen LogP contribution in [0.1, 0.15) is 19.8 Å². The first kappa shape index (κ1) is 8.17. The van der Waals surface area contributed by atoms with E-state index in [9.17, 15) is 8.76 Å². The first-order chi connectivity index (χ1) is 4.70. The minimum Gasteiger partial charge on any atom is -0.771 e. The topological polar surface area (TPSA) is 43.4 Å². The van der Waals surface area contributed by atoms with Crippen LogP contribution in [0.15, 0.2) is 0 Å². The zero-order valence-electron chi connectivity index (χ0n) is 6.08. The number of rotatable bonds is 2. The number of hydrogen-bond acceptors (Lipinski definition) is 3. The maximum atomic E-state index is 10.3. The lowest BCUT2D eigenvalue weighted by Crippen LogP contribution is -2.29. The molecular weight excluding hydrogens is 150 g/mol. The Balaban J connectivity index is 2.33. The Labute approximate surface area is 63.7 Å². The lowest BCUT2D eigenvalue weighted by Gasteiger charge is -2.21. The SMILES string of the molecule is CC1CCCN1CS(=O)[O-]. The first-order valence-corrected chi connectivity index (χ1v) is 4.74. The van der Waals surface area contributed by atoms with E-state index in [4.69, 9.17) is 0 Å². The monoisotopic (exact) mass is 162 g/mol. The highest BCUT2D eigenvalue weighted by Crippen LogP contribution is 2.15. The Bertz CT molecular complexity index is 140. The zero-order chi connectivity index (χ0) is 7.56. The predicted molar refractivity (Wildman–Crippen MR) is 39.2 cm³/mol. The predicted octanol–water partition coefficient (Wildman–Crippen LogP) is 0.307. The van der Waals surface area contributed by atoms with E-state index in [0.717, 1.165) is 19.4 Å². The van der Waals surface area contributed by atoms with E-state index in [-0.39, 0.29) is 5.88 Å². The van der Waals surface area contributed by atoms with Crippen LogP contribution >= 0.6 is 0 Å². The summed E-state index contributed by atoms with van der Waals surface area (Å²) in [6, 6.07) is 0.456. The second-order valence-electron chi connectivity index (χ2n) is 2.74. The van der Waals surface area contributed by atoms with Crippen LogP contribution in [-0.2, 0) is 11.1 Å². The van der Waals surface area contributed by atoms with Crippen molar-refractivity contribution in [2.75, 3.05) is 12.4 Å². The van der Waals surface area contributed by atoms with Gasteiger partial charge in [0.25, 0.3) is 0 Å². The molecule has 1 saturated heterocycles. The van der Waals surface area contributed by atoms with Gasteiger partial charge < -0.3 is 4.55 Å². The van der Waals surface area contributed by atoms with Crippen molar-refractivity contribution in [2.24, 2.45) is 0 Å². The van der Waals surface area contributed by atoms with Gasteiger partial charge in [-0.15, -0.1) is 0 Å². The molecule has 1 aliphatic rings. The fourth-order valence-corrected chi connectivity index (χ4v) is 1.97. The molecular formula is C6H12NO2S-. The van der Waals surface area contributed by atoms with E-state index in [1.54, 1.807) is 0 Å². The number of nitrogens with zero attached hydrogens (tertiary/aromatic N) is 1. The van der Waals surface area contributed by atoms with Crippen molar-refractivity contribution < 1.29 is 8.76 Å². The van der Waals surface area contributed by atoms with Crippen LogP contribution in [0.5, 0.6) is 0 Å². The molecule has 0 aliphatic carbocycles. The first-order valence-electron chi connectivity index (χ1n) is 3.50. The van der Waals surface area contributed by atoms with Gasteiger partial charge in [0, 0.05) is 6.04 Å². The van der Waals surface area contributed by atoms with Gasteiger partial charge in [0.2, 0.25) is 0 Å². The van der Waals surface area contributed by atoms with Gasteiger partial charge in [-0.3, -0.25) is 9.11 Å². The van der Waals surface area contributed by atoms with E-state index < -0.39 is 11.1 Å². The Morgan fingerprint density at radius 2 is 2.50 bits per heavy atom. The van der Waals surface area contributed by atoms with Crippen molar-refractivity contribution in [2.45, 2.75) is 25.8 Å². The molecule has 0 aromatic carbocycles. The molecule has 1 fully saturated rings. The molecule has 4 heteroatoms. The average molecular weight is 162 g/mol. The highest BCUT2D eigenvalue weighted by Gasteiger charge is 2.19. The second kappa shape index (κ2) is 3.46. The van der Waals surface area contributed by atoms with Gasteiger partial charge in [-0.05, 0) is 37.4 Å². The van der Waals surface area contributed by atoms with Crippen LogP contribution in [0.4, 0.5) is 0 Å². The normalized spacial score (nSPS) is 30.8. The Hall–Kier alpha value is 0.0700. The Morgan fingerprint density at radius 3 is 2.90 bits per heavy atom. The minimum absolute atomic E-state index is 0.209. The quantitative estimate of drug-likeness (QED) is 0.549. The maximum Gasteiger partial charge on any atom is 0.0615 e. The van der Waals surface area contributed by atoms with Crippen molar-refractivity contribution in [1.29, 1.82) is 0 Å². The van der Waals surface area contributed by atoms with Crippen LogP contribution in [0.3, 0.4) is 0 Å². The van der Waals surface area contributed by atoms with E-state index >= 15 is 0 Å². The highest BCUT2D eigenvalue weighted by atomic mass is 32.2. The third kappa shape index (κ3) is 2.04. The van der Waals surface area contributed by atoms with Gasteiger partial charge in [-0.2, -0.15) is 0 Å². The maximum absolute atomic E-state index is 10.3. The molecule has 0 saturated carbocycles. The highest BCUT2D eigenvalue weighted by molar-refractivity contribution is 7.79. The van der Waals surface area contributed by atoms with Crippen LogP contribution in [0, 0.1) is 0 Å².